The Kier molecular flexibility index (Phi) is 4.84. The average Bonchev–Trinajstić information content (AvgIpc) is 2.27. The molecule has 1 aromatic heterocycles. The highest BCUT2D eigenvalue weighted by atomic mass is 16.5. The van der Waals surface area contributed by atoms with Crippen LogP contribution >= 0.6 is 0 Å². The highest BCUT2D eigenvalue weighted by molar-refractivity contribution is 5.63. The summed E-state index contributed by atoms with van der Waals surface area (Å²) >= 11 is 0. The SMILES string of the molecule is CCOc1cncc(/C(C)=C/CCN)c1. The first-order valence-electron chi connectivity index (χ1n) is 5.23. The van der Waals surface area contributed by atoms with Crippen LogP contribution in [0.2, 0.25) is 0 Å². The molecular weight excluding hydrogens is 188 g/mol. The number of hydrogen-bond acceptors (Lipinski definition) is 3. The molecule has 1 aromatic rings. The zero-order valence-corrected chi connectivity index (χ0v) is 9.36. The van der Waals surface area contributed by atoms with Gasteiger partial charge in [0.15, 0.2) is 0 Å². The fourth-order valence-electron chi connectivity index (χ4n) is 1.30. The van der Waals surface area contributed by atoms with E-state index in [0.29, 0.717) is 13.2 Å². The summed E-state index contributed by atoms with van der Waals surface area (Å²) in [5.41, 5.74) is 7.73. The van der Waals surface area contributed by atoms with Crippen LogP contribution in [0.1, 0.15) is 25.8 Å². The van der Waals surface area contributed by atoms with Crippen molar-refractivity contribution in [2.75, 3.05) is 13.2 Å². The summed E-state index contributed by atoms with van der Waals surface area (Å²) in [4.78, 5) is 4.14. The zero-order chi connectivity index (χ0) is 11.1. The van der Waals surface area contributed by atoms with Crippen molar-refractivity contribution in [3.05, 3.63) is 30.1 Å². The largest absolute Gasteiger partial charge is 0.492 e. The van der Waals surface area contributed by atoms with E-state index in [1.54, 1.807) is 6.20 Å². The van der Waals surface area contributed by atoms with Crippen LogP contribution in [0.25, 0.3) is 5.57 Å². The fourth-order valence-corrected chi connectivity index (χ4v) is 1.30. The van der Waals surface area contributed by atoms with Crippen LogP contribution in [0.15, 0.2) is 24.5 Å². The third-order valence-corrected chi connectivity index (χ3v) is 2.10. The summed E-state index contributed by atoms with van der Waals surface area (Å²) in [6, 6.07) is 2.00. The molecule has 0 bridgehead atoms. The normalized spacial score (nSPS) is 11.5. The molecule has 1 heterocycles. The summed E-state index contributed by atoms with van der Waals surface area (Å²) < 4.78 is 5.39. The zero-order valence-electron chi connectivity index (χ0n) is 9.36. The van der Waals surface area contributed by atoms with Crippen molar-refractivity contribution in [3.8, 4) is 5.75 Å². The monoisotopic (exact) mass is 206 g/mol. The number of hydrogen-bond donors (Lipinski definition) is 1. The molecule has 0 saturated carbocycles. The minimum Gasteiger partial charge on any atom is -0.492 e. The second-order valence-electron chi connectivity index (χ2n) is 3.31. The lowest BCUT2D eigenvalue weighted by atomic mass is 10.1. The van der Waals surface area contributed by atoms with E-state index < -0.39 is 0 Å². The van der Waals surface area contributed by atoms with E-state index in [4.69, 9.17) is 10.5 Å². The number of pyridine rings is 1. The summed E-state index contributed by atoms with van der Waals surface area (Å²) in [5, 5.41) is 0. The number of ether oxygens (including phenoxy) is 1. The quantitative estimate of drug-likeness (QED) is 0.803. The van der Waals surface area contributed by atoms with Gasteiger partial charge in [-0.15, -0.1) is 0 Å². The summed E-state index contributed by atoms with van der Waals surface area (Å²) in [5.74, 6) is 0.815. The molecule has 0 aliphatic rings. The van der Waals surface area contributed by atoms with E-state index in [1.807, 2.05) is 19.2 Å². The van der Waals surface area contributed by atoms with Crippen molar-refractivity contribution in [1.29, 1.82) is 0 Å². The first-order valence-corrected chi connectivity index (χ1v) is 5.23. The van der Waals surface area contributed by atoms with Crippen LogP contribution in [-0.4, -0.2) is 18.1 Å². The second-order valence-corrected chi connectivity index (χ2v) is 3.31. The molecule has 0 unspecified atom stereocenters. The Morgan fingerprint density at radius 2 is 2.33 bits per heavy atom. The first kappa shape index (κ1) is 11.7. The lowest BCUT2D eigenvalue weighted by Gasteiger charge is -2.05. The molecule has 0 spiro atoms. The highest BCUT2D eigenvalue weighted by Gasteiger charge is 1.98. The van der Waals surface area contributed by atoms with Gasteiger partial charge in [0.2, 0.25) is 0 Å². The van der Waals surface area contributed by atoms with Gasteiger partial charge in [0.25, 0.3) is 0 Å². The average molecular weight is 206 g/mol. The van der Waals surface area contributed by atoms with E-state index in [1.165, 1.54) is 5.57 Å². The van der Waals surface area contributed by atoms with Gasteiger partial charge in [-0.1, -0.05) is 6.08 Å². The summed E-state index contributed by atoms with van der Waals surface area (Å²) in [6.45, 7) is 5.36. The lowest BCUT2D eigenvalue weighted by molar-refractivity contribution is 0.339. The molecule has 0 saturated heterocycles. The maximum atomic E-state index is 5.45. The molecule has 3 heteroatoms. The number of rotatable bonds is 5. The Labute approximate surface area is 91.0 Å². The number of nitrogens with two attached hydrogens (primary N) is 1. The predicted octanol–water partition coefficient (Wildman–Crippen LogP) is 2.23. The molecule has 0 amide bonds. The van der Waals surface area contributed by atoms with Crippen LogP contribution in [0.3, 0.4) is 0 Å². The number of allylic oxidation sites excluding steroid dienone is 1. The predicted molar refractivity (Wildman–Crippen MR) is 62.7 cm³/mol. The van der Waals surface area contributed by atoms with E-state index in [0.717, 1.165) is 17.7 Å². The van der Waals surface area contributed by atoms with Gasteiger partial charge in [-0.05, 0) is 44.0 Å². The summed E-state index contributed by atoms with van der Waals surface area (Å²) in [6.07, 6.45) is 6.57. The molecule has 3 nitrogen and oxygen atoms in total. The lowest BCUT2D eigenvalue weighted by Crippen LogP contribution is -1.96. The van der Waals surface area contributed by atoms with Crippen molar-refractivity contribution < 1.29 is 4.74 Å². The van der Waals surface area contributed by atoms with E-state index >= 15 is 0 Å². The van der Waals surface area contributed by atoms with Crippen molar-refractivity contribution in [2.45, 2.75) is 20.3 Å². The topological polar surface area (TPSA) is 48.1 Å². The Hall–Kier alpha value is -1.35. The molecule has 15 heavy (non-hydrogen) atoms. The Bertz CT molecular complexity index is 334. The molecule has 2 N–H and O–H groups in total. The maximum absolute atomic E-state index is 5.45. The van der Waals surface area contributed by atoms with Gasteiger partial charge in [-0.3, -0.25) is 4.98 Å². The van der Waals surface area contributed by atoms with Crippen LogP contribution in [0.5, 0.6) is 5.75 Å². The second kappa shape index (κ2) is 6.19. The standard InChI is InChI=1S/C12H18N2O/c1-3-15-12-7-11(8-14-9-12)10(2)5-4-6-13/h5,7-9H,3-4,6,13H2,1-2H3/b10-5+. The summed E-state index contributed by atoms with van der Waals surface area (Å²) in [7, 11) is 0. The Balaban J connectivity index is 2.80. The van der Waals surface area contributed by atoms with Crippen LogP contribution in [-0.2, 0) is 0 Å². The van der Waals surface area contributed by atoms with Crippen molar-refractivity contribution in [1.82, 2.24) is 4.98 Å². The van der Waals surface area contributed by atoms with E-state index in [2.05, 4.69) is 18.0 Å². The minimum absolute atomic E-state index is 0.663. The number of nitrogens with zero attached hydrogens (tertiary/aromatic N) is 1. The van der Waals surface area contributed by atoms with Crippen molar-refractivity contribution in [2.24, 2.45) is 5.73 Å². The Morgan fingerprint density at radius 1 is 1.53 bits per heavy atom. The van der Waals surface area contributed by atoms with Gasteiger partial charge in [-0.2, -0.15) is 0 Å². The molecule has 82 valence electrons. The molecule has 1 rings (SSSR count). The smallest absolute Gasteiger partial charge is 0.138 e. The van der Waals surface area contributed by atoms with Crippen molar-refractivity contribution in [3.63, 3.8) is 0 Å². The van der Waals surface area contributed by atoms with Crippen LogP contribution in [0, 0.1) is 0 Å². The molecule has 0 atom stereocenters. The highest BCUT2D eigenvalue weighted by Crippen LogP contribution is 2.18. The molecule has 0 aliphatic heterocycles. The molecule has 0 fully saturated rings. The van der Waals surface area contributed by atoms with Crippen LogP contribution < -0.4 is 10.5 Å². The van der Waals surface area contributed by atoms with E-state index in [9.17, 15) is 0 Å². The van der Waals surface area contributed by atoms with Gasteiger partial charge >= 0.3 is 0 Å². The molecule has 0 aliphatic carbocycles. The minimum atomic E-state index is 0.663. The number of aromatic nitrogens is 1. The van der Waals surface area contributed by atoms with Gasteiger partial charge in [0, 0.05) is 6.20 Å². The Morgan fingerprint density at radius 3 is 3.00 bits per heavy atom. The third kappa shape index (κ3) is 3.72. The van der Waals surface area contributed by atoms with E-state index in [-0.39, 0.29) is 0 Å². The first-order chi connectivity index (χ1) is 7.27. The fraction of sp³-hybridized carbons (Fsp3) is 0.417. The van der Waals surface area contributed by atoms with Gasteiger partial charge < -0.3 is 10.5 Å². The van der Waals surface area contributed by atoms with Gasteiger partial charge in [-0.25, -0.2) is 0 Å². The molecular formula is C12H18N2O. The van der Waals surface area contributed by atoms with Gasteiger partial charge in [0.05, 0.1) is 12.8 Å². The van der Waals surface area contributed by atoms with Crippen molar-refractivity contribution >= 4 is 5.57 Å². The molecule has 0 radical (unpaired) electrons. The van der Waals surface area contributed by atoms with Crippen LogP contribution in [0.4, 0.5) is 0 Å². The van der Waals surface area contributed by atoms with Gasteiger partial charge in [0.1, 0.15) is 5.75 Å². The third-order valence-electron chi connectivity index (χ3n) is 2.10. The molecule has 0 aromatic carbocycles. The maximum Gasteiger partial charge on any atom is 0.138 e.